The number of nitro benzene ring substituents is 1. The molecule has 0 bridgehead atoms. The lowest BCUT2D eigenvalue weighted by atomic mass is 10.1. The van der Waals surface area contributed by atoms with Gasteiger partial charge < -0.3 is 15.0 Å². The third-order valence-electron chi connectivity index (χ3n) is 5.76. The fraction of sp³-hybridized carbons (Fsp3) is 0.125. The average Bonchev–Trinajstić information content (AvgIpc) is 3.36. The Kier molecular flexibility index (Phi) is 5.72. The van der Waals surface area contributed by atoms with E-state index in [1.165, 1.54) is 35.2 Å². The zero-order valence-corrected chi connectivity index (χ0v) is 19.3. The summed E-state index contributed by atoms with van der Waals surface area (Å²) in [5.74, 6) is -1.37. The molecule has 2 aliphatic heterocycles. The van der Waals surface area contributed by atoms with Gasteiger partial charge in [-0.2, -0.15) is 8.42 Å². The zero-order valence-electron chi connectivity index (χ0n) is 18.5. The lowest BCUT2D eigenvalue weighted by Crippen LogP contribution is -2.27. The number of sulfonamides is 1. The molecule has 1 fully saturated rings. The zero-order chi connectivity index (χ0) is 25.4. The van der Waals surface area contributed by atoms with E-state index in [0.29, 0.717) is 16.9 Å². The second-order valence-corrected chi connectivity index (χ2v) is 9.74. The number of hydrogen-bond acceptors (Lipinski definition) is 8. The predicted octanol–water partition coefficient (Wildman–Crippen LogP) is 3.11. The summed E-state index contributed by atoms with van der Waals surface area (Å²) in [6.07, 6.45) is -0.0923. The Bertz CT molecular complexity index is 1550. The van der Waals surface area contributed by atoms with E-state index >= 15 is 0 Å². The molecule has 5 rings (SSSR count). The van der Waals surface area contributed by atoms with Gasteiger partial charge in [-0.1, -0.05) is 24.3 Å². The molecule has 1 unspecified atom stereocenters. The lowest BCUT2D eigenvalue weighted by molar-refractivity contribution is -0.384. The van der Waals surface area contributed by atoms with Gasteiger partial charge in [0.2, 0.25) is 5.91 Å². The molecule has 0 spiro atoms. The molecule has 3 aromatic carbocycles. The molecule has 0 aromatic heterocycles. The quantitative estimate of drug-likeness (QED) is 0.240. The fourth-order valence-corrected chi connectivity index (χ4v) is 5.23. The molecule has 2 heterocycles. The van der Waals surface area contributed by atoms with Crippen molar-refractivity contribution >= 4 is 44.8 Å². The highest BCUT2D eigenvalue weighted by atomic mass is 32.2. The molecule has 1 amide bonds. The molecular weight excluding hydrogens is 488 g/mol. The molecule has 1 saturated heterocycles. The van der Waals surface area contributed by atoms with Crippen LogP contribution in [0.3, 0.4) is 0 Å². The maximum absolute atomic E-state index is 12.8. The van der Waals surface area contributed by atoms with Crippen molar-refractivity contribution in [3.63, 3.8) is 0 Å². The molecule has 182 valence electrons. The first-order valence-corrected chi connectivity index (χ1v) is 12.2. The van der Waals surface area contributed by atoms with Crippen LogP contribution >= 0.6 is 0 Å². The molecular formula is C24H18N4O7S. The van der Waals surface area contributed by atoms with Crippen molar-refractivity contribution in [2.24, 2.45) is 10.3 Å². The van der Waals surface area contributed by atoms with E-state index in [-0.39, 0.29) is 41.0 Å². The van der Waals surface area contributed by atoms with Gasteiger partial charge in [0.1, 0.15) is 10.6 Å². The third-order valence-corrected chi connectivity index (χ3v) is 7.09. The minimum Gasteiger partial charge on any atom is -0.426 e. The number of rotatable bonds is 5. The van der Waals surface area contributed by atoms with E-state index in [2.05, 4.69) is 9.71 Å². The Morgan fingerprint density at radius 3 is 2.67 bits per heavy atom. The third kappa shape index (κ3) is 4.41. The number of amides is 1. The Morgan fingerprint density at radius 2 is 1.86 bits per heavy atom. The number of carbonyl (C=O) groups is 2. The summed E-state index contributed by atoms with van der Waals surface area (Å²) in [6.45, 7) is 0.0300. The summed E-state index contributed by atoms with van der Waals surface area (Å²) in [4.78, 5) is 37.2. The maximum Gasteiger partial charge on any atom is 0.316 e. The van der Waals surface area contributed by atoms with Gasteiger partial charge in [0.15, 0.2) is 5.84 Å². The number of esters is 1. The van der Waals surface area contributed by atoms with Crippen LogP contribution in [0.25, 0.3) is 0 Å². The highest BCUT2D eigenvalue weighted by Crippen LogP contribution is 2.30. The topological polar surface area (TPSA) is 148 Å². The van der Waals surface area contributed by atoms with Gasteiger partial charge in [-0.15, -0.1) is 4.40 Å². The normalized spacial score (nSPS) is 17.9. The van der Waals surface area contributed by atoms with E-state index in [1.54, 1.807) is 42.5 Å². The summed E-state index contributed by atoms with van der Waals surface area (Å²) in [5.41, 5.74) is 1.07. The first-order chi connectivity index (χ1) is 17.2. The lowest BCUT2D eigenvalue weighted by Gasteiger charge is -2.16. The van der Waals surface area contributed by atoms with Crippen LogP contribution in [0.2, 0.25) is 0 Å². The summed E-state index contributed by atoms with van der Waals surface area (Å²) in [7, 11) is -3.79. The van der Waals surface area contributed by atoms with Gasteiger partial charge in [0.25, 0.3) is 15.7 Å². The Balaban J connectivity index is 1.28. The van der Waals surface area contributed by atoms with Crippen molar-refractivity contribution in [3.8, 4) is 5.75 Å². The number of non-ortho nitro benzene ring substituents is 1. The summed E-state index contributed by atoms with van der Waals surface area (Å²) in [6, 6.07) is 18.4. The minimum atomic E-state index is -3.79. The Labute approximate surface area is 205 Å². The summed E-state index contributed by atoms with van der Waals surface area (Å²) in [5, 5.41) is 14.0. The van der Waals surface area contributed by atoms with Crippen LogP contribution in [0.15, 0.2) is 82.1 Å². The molecule has 0 aliphatic carbocycles. The number of amidine groups is 1. The number of hydrogen-bond donors (Lipinski definition) is 1. The van der Waals surface area contributed by atoms with Crippen LogP contribution < -0.4 is 15.0 Å². The van der Waals surface area contributed by atoms with Crippen LogP contribution in [0.1, 0.15) is 12.0 Å². The van der Waals surface area contributed by atoms with Crippen LogP contribution in [-0.4, -0.2) is 37.6 Å². The van der Waals surface area contributed by atoms with Crippen LogP contribution in [0.4, 0.5) is 17.1 Å². The number of nitro groups is 1. The standard InChI is InChI=1S/C24H18N4O7S/c29-22-11-15(14-27(22)17-6-4-7-18(13-17)28(31)32)24(30)35-19-8-3-5-16(12-19)25-23-20-9-1-2-10-21(20)36(33,34)26-23/h1-10,12-13,15H,11,14H2,(H,25,26). The van der Waals surface area contributed by atoms with Crippen LogP contribution in [0.5, 0.6) is 5.75 Å². The second kappa shape index (κ2) is 8.89. The molecule has 1 N–H and O–H groups in total. The largest absolute Gasteiger partial charge is 0.426 e. The number of ether oxygens (including phenoxy) is 1. The molecule has 0 saturated carbocycles. The van der Waals surface area contributed by atoms with Crippen molar-refractivity contribution in [1.29, 1.82) is 0 Å². The molecule has 2 aliphatic rings. The van der Waals surface area contributed by atoms with Gasteiger partial charge >= 0.3 is 5.97 Å². The van der Waals surface area contributed by atoms with Crippen LogP contribution in [0, 0.1) is 16.0 Å². The van der Waals surface area contributed by atoms with Gasteiger partial charge in [-0.25, -0.2) is 0 Å². The van der Waals surface area contributed by atoms with E-state index in [0.717, 1.165) is 0 Å². The maximum atomic E-state index is 12.8. The van der Waals surface area contributed by atoms with Gasteiger partial charge in [0.05, 0.1) is 16.5 Å². The molecule has 3 aromatic rings. The van der Waals surface area contributed by atoms with E-state index in [1.807, 2.05) is 0 Å². The molecule has 11 nitrogen and oxygen atoms in total. The van der Waals surface area contributed by atoms with Gasteiger partial charge in [-0.3, -0.25) is 19.7 Å². The number of benzene rings is 3. The first kappa shape index (κ1) is 23.2. The van der Waals surface area contributed by atoms with Crippen molar-refractivity contribution in [1.82, 2.24) is 0 Å². The fourth-order valence-electron chi connectivity index (χ4n) is 4.06. The summed E-state index contributed by atoms with van der Waals surface area (Å²) >= 11 is 0. The van der Waals surface area contributed by atoms with E-state index < -0.39 is 26.8 Å². The van der Waals surface area contributed by atoms with Crippen molar-refractivity contribution in [3.05, 3.63) is 88.5 Å². The summed E-state index contributed by atoms with van der Waals surface area (Å²) < 4.78 is 33.8. The van der Waals surface area contributed by atoms with Crippen LogP contribution in [-0.2, 0) is 19.6 Å². The smallest absolute Gasteiger partial charge is 0.316 e. The molecule has 12 heteroatoms. The average molecular weight is 506 g/mol. The number of carbonyl (C=O) groups excluding carboxylic acids is 2. The number of anilines is 2. The second-order valence-electron chi connectivity index (χ2n) is 8.17. The van der Waals surface area contributed by atoms with Gasteiger partial charge in [0, 0.05) is 42.4 Å². The number of nitrogens with zero attached hydrogens (tertiary/aromatic N) is 3. The highest BCUT2D eigenvalue weighted by molar-refractivity contribution is 7.90. The highest BCUT2D eigenvalue weighted by Gasteiger charge is 2.37. The van der Waals surface area contributed by atoms with E-state index in [9.17, 15) is 28.1 Å². The molecule has 36 heavy (non-hydrogen) atoms. The van der Waals surface area contributed by atoms with Crippen molar-refractivity contribution in [2.45, 2.75) is 11.3 Å². The number of fused-ring (bicyclic) bond motifs is 1. The Morgan fingerprint density at radius 1 is 1.08 bits per heavy atom. The van der Waals surface area contributed by atoms with Gasteiger partial charge in [-0.05, 0) is 30.3 Å². The number of nitrogens with one attached hydrogen (secondary N) is 1. The SMILES string of the molecule is O=C(Oc1cccc(NC2=NS(=O)(=O)c3ccccc32)c1)C1CC(=O)N(c2cccc([N+](=O)[O-])c2)C1. The minimum absolute atomic E-state index is 0.0300. The van der Waals surface area contributed by atoms with Crippen molar-refractivity contribution < 1.29 is 27.7 Å². The first-order valence-electron chi connectivity index (χ1n) is 10.8. The monoisotopic (exact) mass is 506 g/mol. The Hall–Kier alpha value is -4.58. The molecule has 0 radical (unpaired) electrons. The predicted molar refractivity (Wildman–Crippen MR) is 129 cm³/mol. The van der Waals surface area contributed by atoms with E-state index in [4.69, 9.17) is 4.74 Å². The molecule has 1 atom stereocenters. The van der Waals surface area contributed by atoms with Crippen molar-refractivity contribution in [2.75, 3.05) is 16.8 Å².